The Balaban J connectivity index is 1.76. The third kappa shape index (κ3) is 2.19. The van der Waals surface area contributed by atoms with Crippen LogP contribution in [0.1, 0.15) is 25.8 Å². The minimum absolute atomic E-state index is 0.0616. The quantitative estimate of drug-likeness (QED) is 0.719. The maximum Gasteiger partial charge on any atom is 0.138 e. The van der Waals surface area contributed by atoms with Gasteiger partial charge in [0, 0.05) is 5.56 Å². The van der Waals surface area contributed by atoms with Crippen LogP contribution >= 0.6 is 0 Å². The molecule has 0 spiro atoms. The molecule has 1 aliphatic heterocycles. The SMILES string of the molecule is CC1(C)CCc2cc(-c3nc4ccccc4[nH]3)ccc2O1. The van der Waals surface area contributed by atoms with E-state index in [4.69, 9.17) is 4.74 Å². The molecule has 0 saturated carbocycles. The Morgan fingerprint density at radius 3 is 2.86 bits per heavy atom. The molecular weight excluding hydrogens is 260 g/mol. The van der Waals surface area contributed by atoms with Crippen LogP contribution in [-0.2, 0) is 6.42 Å². The average Bonchev–Trinajstić information content (AvgIpc) is 2.89. The lowest BCUT2D eigenvalue weighted by Gasteiger charge is -2.32. The fraction of sp³-hybridized carbons (Fsp3) is 0.278. The molecule has 0 radical (unpaired) electrons. The van der Waals surface area contributed by atoms with Crippen molar-refractivity contribution in [3.05, 3.63) is 48.0 Å². The molecule has 2 aromatic carbocycles. The van der Waals surface area contributed by atoms with Gasteiger partial charge < -0.3 is 9.72 Å². The molecule has 0 amide bonds. The van der Waals surface area contributed by atoms with Gasteiger partial charge in [0.05, 0.1) is 11.0 Å². The van der Waals surface area contributed by atoms with Crippen LogP contribution in [0.2, 0.25) is 0 Å². The number of fused-ring (bicyclic) bond motifs is 2. The molecule has 21 heavy (non-hydrogen) atoms. The van der Waals surface area contributed by atoms with Crippen molar-refractivity contribution < 1.29 is 4.74 Å². The molecule has 1 N–H and O–H groups in total. The van der Waals surface area contributed by atoms with Crippen molar-refractivity contribution in [2.75, 3.05) is 0 Å². The molecule has 106 valence electrons. The lowest BCUT2D eigenvalue weighted by atomic mass is 9.93. The van der Waals surface area contributed by atoms with Crippen molar-refractivity contribution in [2.24, 2.45) is 0 Å². The summed E-state index contributed by atoms with van der Waals surface area (Å²) in [5.41, 5.74) is 4.40. The third-order valence-corrected chi connectivity index (χ3v) is 4.11. The fourth-order valence-electron chi connectivity index (χ4n) is 2.90. The van der Waals surface area contributed by atoms with Gasteiger partial charge >= 0.3 is 0 Å². The molecule has 3 heteroatoms. The summed E-state index contributed by atoms with van der Waals surface area (Å²) in [6, 6.07) is 14.5. The summed E-state index contributed by atoms with van der Waals surface area (Å²) >= 11 is 0. The van der Waals surface area contributed by atoms with Crippen molar-refractivity contribution in [1.82, 2.24) is 9.97 Å². The van der Waals surface area contributed by atoms with Crippen molar-refractivity contribution >= 4 is 11.0 Å². The number of nitrogens with zero attached hydrogens (tertiary/aromatic N) is 1. The van der Waals surface area contributed by atoms with E-state index in [1.165, 1.54) is 5.56 Å². The van der Waals surface area contributed by atoms with Crippen molar-refractivity contribution in [1.29, 1.82) is 0 Å². The van der Waals surface area contributed by atoms with Gasteiger partial charge in [0.25, 0.3) is 0 Å². The first-order valence-electron chi connectivity index (χ1n) is 7.38. The number of imidazole rings is 1. The zero-order valence-corrected chi connectivity index (χ0v) is 12.3. The van der Waals surface area contributed by atoms with Crippen LogP contribution in [0.4, 0.5) is 0 Å². The number of benzene rings is 2. The molecule has 3 nitrogen and oxygen atoms in total. The Bertz CT molecular complexity index is 784. The minimum Gasteiger partial charge on any atom is -0.488 e. The van der Waals surface area contributed by atoms with Crippen molar-refractivity contribution in [2.45, 2.75) is 32.3 Å². The van der Waals surface area contributed by atoms with E-state index in [1.54, 1.807) is 0 Å². The van der Waals surface area contributed by atoms with Crippen LogP contribution in [0, 0.1) is 0 Å². The Morgan fingerprint density at radius 1 is 1.14 bits per heavy atom. The van der Waals surface area contributed by atoms with Gasteiger partial charge in [-0.15, -0.1) is 0 Å². The number of aryl methyl sites for hydroxylation is 1. The maximum absolute atomic E-state index is 6.04. The molecule has 1 aliphatic rings. The second-order valence-corrected chi connectivity index (χ2v) is 6.29. The average molecular weight is 278 g/mol. The topological polar surface area (TPSA) is 37.9 Å². The highest BCUT2D eigenvalue weighted by Gasteiger charge is 2.26. The van der Waals surface area contributed by atoms with Crippen molar-refractivity contribution in [3.8, 4) is 17.1 Å². The first kappa shape index (κ1) is 12.5. The van der Waals surface area contributed by atoms with Crippen LogP contribution in [0.15, 0.2) is 42.5 Å². The number of hydrogen-bond acceptors (Lipinski definition) is 2. The van der Waals surface area contributed by atoms with Gasteiger partial charge in [-0.3, -0.25) is 0 Å². The number of aromatic amines is 1. The number of hydrogen-bond donors (Lipinski definition) is 1. The molecule has 0 unspecified atom stereocenters. The van der Waals surface area contributed by atoms with Gasteiger partial charge in [-0.25, -0.2) is 4.98 Å². The van der Waals surface area contributed by atoms with Gasteiger partial charge in [-0.2, -0.15) is 0 Å². The number of nitrogens with one attached hydrogen (secondary N) is 1. The highest BCUT2D eigenvalue weighted by molar-refractivity contribution is 5.79. The zero-order valence-electron chi connectivity index (χ0n) is 12.3. The lowest BCUT2D eigenvalue weighted by molar-refractivity contribution is 0.0847. The second-order valence-electron chi connectivity index (χ2n) is 6.29. The minimum atomic E-state index is -0.0616. The first-order valence-corrected chi connectivity index (χ1v) is 7.38. The molecule has 0 saturated heterocycles. The predicted octanol–water partition coefficient (Wildman–Crippen LogP) is 4.33. The van der Waals surface area contributed by atoms with E-state index >= 15 is 0 Å². The Kier molecular flexibility index (Phi) is 2.58. The number of ether oxygens (including phenoxy) is 1. The Morgan fingerprint density at radius 2 is 2.00 bits per heavy atom. The predicted molar refractivity (Wildman–Crippen MR) is 84.6 cm³/mol. The largest absolute Gasteiger partial charge is 0.488 e. The third-order valence-electron chi connectivity index (χ3n) is 4.11. The second kappa shape index (κ2) is 4.35. The maximum atomic E-state index is 6.04. The number of aromatic nitrogens is 2. The summed E-state index contributed by atoms with van der Waals surface area (Å²) in [7, 11) is 0. The van der Waals surface area contributed by atoms with Gasteiger partial charge in [0.1, 0.15) is 17.2 Å². The summed E-state index contributed by atoms with van der Waals surface area (Å²) in [5.74, 6) is 1.93. The van der Waals surface area contributed by atoms with E-state index < -0.39 is 0 Å². The highest BCUT2D eigenvalue weighted by atomic mass is 16.5. The molecule has 4 rings (SSSR count). The van der Waals surface area contributed by atoms with Crippen LogP contribution < -0.4 is 4.74 Å². The molecule has 2 heterocycles. The Labute approximate surface area is 124 Å². The summed E-state index contributed by atoms with van der Waals surface area (Å²) in [4.78, 5) is 8.05. The first-order chi connectivity index (χ1) is 10.1. The summed E-state index contributed by atoms with van der Waals surface area (Å²) in [5, 5.41) is 0. The summed E-state index contributed by atoms with van der Waals surface area (Å²) < 4.78 is 6.04. The smallest absolute Gasteiger partial charge is 0.138 e. The van der Waals surface area contributed by atoms with Gasteiger partial charge in [0.15, 0.2) is 0 Å². The molecule has 0 aliphatic carbocycles. The van der Waals surface area contributed by atoms with Crippen LogP contribution in [0.25, 0.3) is 22.4 Å². The van der Waals surface area contributed by atoms with E-state index in [9.17, 15) is 0 Å². The standard InChI is InChI=1S/C18H18N2O/c1-18(2)10-9-12-11-13(7-8-16(12)21-18)17-19-14-5-3-4-6-15(14)20-17/h3-8,11H,9-10H2,1-2H3,(H,19,20). The van der Waals surface area contributed by atoms with E-state index in [-0.39, 0.29) is 5.60 Å². The summed E-state index contributed by atoms with van der Waals surface area (Å²) in [6.45, 7) is 4.28. The van der Waals surface area contributed by atoms with Crippen LogP contribution in [0.5, 0.6) is 5.75 Å². The van der Waals surface area contributed by atoms with E-state index in [1.807, 2.05) is 18.2 Å². The number of para-hydroxylation sites is 2. The van der Waals surface area contributed by atoms with Crippen LogP contribution in [0.3, 0.4) is 0 Å². The molecule has 1 aromatic heterocycles. The molecular formula is C18H18N2O. The normalized spacial score (nSPS) is 16.5. The van der Waals surface area contributed by atoms with Gasteiger partial charge in [-0.05, 0) is 62.6 Å². The summed E-state index contributed by atoms with van der Waals surface area (Å²) in [6.07, 6.45) is 2.10. The fourth-order valence-corrected chi connectivity index (χ4v) is 2.90. The number of H-pyrrole nitrogens is 1. The monoisotopic (exact) mass is 278 g/mol. The van der Waals surface area contributed by atoms with E-state index in [0.717, 1.165) is 41.0 Å². The zero-order chi connectivity index (χ0) is 14.4. The molecule has 3 aromatic rings. The van der Waals surface area contributed by atoms with Crippen molar-refractivity contribution in [3.63, 3.8) is 0 Å². The lowest BCUT2D eigenvalue weighted by Crippen LogP contribution is -2.32. The Hall–Kier alpha value is -2.29. The molecule has 0 atom stereocenters. The van der Waals surface area contributed by atoms with Gasteiger partial charge in [-0.1, -0.05) is 12.1 Å². The highest BCUT2D eigenvalue weighted by Crippen LogP contribution is 2.35. The van der Waals surface area contributed by atoms with Crippen LogP contribution in [-0.4, -0.2) is 15.6 Å². The van der Waals surface area contributed by atoms with Gasteiger partial charge in [0.2, 0.25) is 0 Å². The van der Waals surface area contributed by atoms with E-state index in [0.29, 0.717) is 0 Å². The molecule has 0 bridgehead atoms. The van der Waals surface area contributed by atoms with E-state index in [2.05, 4.69) is 48.1 Å². The number of rotatable bonds is 1. The molecule has 0 fully saturated rings.